The lowest BCUT2D eigenvalue weighted by atomic mass is 10.1. The van der Waals surface area contributed by atoms with Crippen LogP contribution < -0.4 is 0 Å². The van der Waals surface area contributed by atoms with Gasteiger partial charge in [0.1, 0.15) is 11.6 Å². The minimum atomic E-state index is -4.44. The van der Waals surface area contributed by atoms with Gasteiger partial charge in [-0.05, 0) is 49.2 Å². The van der Waals surface area contributed by atoms with E-state index in [9.17, 15) is 18.0 Å². The molecule has 1 heterocycles. The summed E-state index contributed by atoms with van der Waals surface area (Å²) < 4.78 is 37.5. The number of amides is 1. The maximum Gasteiger partial charge on any atom is 0.406 e. The SMILES string of the molecule is Cc1ccc(Sc2ncccc2C(=O)N(C)CC(F)(F)F)cc1C. The molecule has 2 rings (SSSR count). The van der Waals surface area contributed by atoms with Gasteiger partial charge in [0.25, 0.3) is 5.91 Å². The summed E-state index contributed by atoms with van der Waals surface area (Å²) in [6, 6.07) is 8.85. The van der Waals surface area contributed by atoms with E-state index >= 15 is 0 Å². The fraction of sp³-hybridized carbons (Fsp3) is 0.294. The van der Waals surface area contributed by atoms with E-state index < -0.39 is 18.6 Å². The van der Waals surface area contributed by atoms with Crippen molar-refractivity contribution in [2.75, 3.05) is 13.6 Å². The second-order valence-corrected chi connectivity index (χ2v) is 6.54. The third-order valence-electron chi connectivity index (χ3n) is 3.46. The van der Waals surface area contributed by atoms with Gasteiger partial charge in [-0.2, -0.15) is 13.2 Å². The standard InChI is InChI=1S/C17H17F3N2OS/c1-11-6-7-13(9-12(11)2)24-15-14(5-4-8-21-15)16(23)22(3)10-17(18,19)20/h4-9H,10H2,1-3H3. The molecule has 2 aromatic rings. The molecule has 24 heavy (non-hydrogen) atoms. The van der Waals surface area contributed by atoms with Crippen LogP contribution in [0.4, 0.5) is 13.2 Å². The molecule has 0 atom stereocenters. The van der Waals surface area contributed by atoms with E-state index in [-0.39, 0.29) is 5.56 Å². The average molecular weight is 354 g/mol. The highest BCUT2D eigenvalue weighted by molar-refractivity contribution is 7.99. The summed E-state index contributed by atoms with van der Waals surface area (Å²) in [6.45, 7) is 2.67. The molecule has 0 fully saturated rings. The largest absolute Gasteiger partial charge is 0.406 e. The minimum absolute atomic E-state index is 0.160. The molecule has 128 valence electrons. The van der Waals surface area contributed by atoms with Crippen molar-refractivity contribution >= 4 is 17.7 Å². The van der Waals surface area contributed by atoms with Gasteiger partial charge in [-0.15, -0.1) is 0 Å². The Morgan fingerprint density at radius 3 is 2.54 bits per heavy atom. The Morgan fingerprint density at radius 1 is 1.21 bits per heavy atom. The van der Waals surface area contributed by atoms with Crippen LogP contribution >= 0.6 is 11.8 Å². The first-order chi connectivity index (χ1) is 11.2. The number of hydrogen-bond acceptors (Lipinski definition) is 3. The number of benzene rings is 1. The van der Waals surface area contributed by atoms with E-state index in [4.69, 9.17) is 0 Å². The maximum absolute atomic E-state index is 12.5. The fourth-order valence-electron chi connectivity index (χ4n) is 2.07. The van der Waals surface area contributed by atoms with Crippen LogP contribution in [0.1, 0.15) is 21.5 Å². The quantitative estimate of drug-likeness (QED) is 0.811. The summed E-state index contributed by atoms with van der Waals surface area (Å²) in [5.41, 5.74) is 2.40. The second kappa shape index (κ2) is 7.25. The van der Waals surface area contributed by atoms with Crippen LogP contribution in [-0.2, 0) is 0 Å². The Bertz CT molecular complexity index is 747. The molecule has 1 amide bonds. The normalized spacial score (nSPS) is 11.4. The van der Waals surface area contributed by atoms with Gasteiger partial charge >= 0.3 is 6.18 Å². The molecule has 0 saturated heterocycles. The Kier molecular flexibility index (Phi) is 5.54. The van der Waals surface area contributed by atoms with Crippen LogP contribution in [0.2, 0.25) is 0 Å². The molecule has 7 heteroatoms. The topological polar surface area (TPSA) is 33.2 Å². The van der Waals surface area contributed by atoms with Crippen LogP contribution in [0.5, 0.6) is 0 Å². The Labute approximate surface area is 142 Å². The van der Waals surface area contributed by atoms with Crippen LogP contribution in [0.25, 0.3) is 0 Å². The number of alkyl halides is 3. The van der Waals surface area contributed by atoms with Crippen LogP contribution in [0.3, 0.4) is 0 Å². The number of rotatable bonds is 4. The molecular weight excluding hydrogens is 337 g/mol. The zero-order valence-corrected chi connectivity index (χ0v) is 14.3. The Balaban J connectivity index is 2.26. The number of aryl methyl sites for hydroxylation is 2. The molecule has 1 aromatic heterocycles. The first-order valence-electron chi connectivity index (χ1n) is 7.20. The van der Waals surface area contributed by atoms with E-state index in [0.717, 1.165) is 23.1 Å². The Hall–Kier alpha value is -2.02. The molecule has 0 radical (unpaired) electrons. The van der Waals surface area contributed by atoms with Crippen molar-refractivity contribution in [1.82, 2.24) is 9.88 Å². The van der Waals surface area contributed by atoms with E-state index in [2.05, 4.69) is 4.98 Å². The first kappa shape index (κ1) is 18.3. The molecule has 0 aliphatic rings. The highest BCUT2D eigenvalue weighted by Gasteiger charge is 2.32. The summed E-state index contributed by atoms with van der Waals surface area (Å²) in [5, 5.41) is 0.389. The molecule has 0 saturated carbocycles. The fourth-order valence-corrected chi connectivity index (χ4v) is 3.04. The second-order valence-electron chi connectivity index (χ2n) is 5.48. The summed E-state index contributed by atoms with van der Waals surface area (Å²) in [4.78, 5) is 18.0. The number of pyridine rings is 1. The third kappa shape index (κ3) is 4.74. The van der Waals surface area contributed by atoms with Crippen molar-refractivity contribution in [3.05, 3.63) is 53.2 Å². The van der Waals surface area contributed by atoms with Gasteiger partial charge in [0, 0.05) is 18.1 Å². The molecule has 0 unspecified atom stereocenters. The summed E-state index contributed by atoms with van der Waals surface area (Å²) >= 11 is 1.26. The van der Waals surface area contributed by atoms with Gasteiger partial charge in [-0.25, -0.2) is 4.98 Å². The lowest BCUT2D eigenvalue weighted by Crippen LogP contribution is -2.36. The van der Waals surface area contributed by atoms with Gasteiger partial charge < -0.3 is 4.90 Å². The van der Waals surface area contributed by atoms with Crippen molar-refractivity contribution in [3.8, 4) is 0 Å². The number of carbonyl (C=O) groups is 1. The van der Waals surface area contributed by atoms with Crippen molar-refractivity contribution in [1.29, 1.82) is 0 Å². The van der Waals surface area contributed by atoms with Gasteiger partial charge in [0.15, 0.2) is 0 Å². The van der Waals surface area contributed by atoms with E-state index in [1.54, 1.807) is 6.07 Å². The highest BCUT2D eigenvalue weighted by Crippen LogP contribution is 2.30. The minimum Gasteiger partial charge on any atom is -0.333 e. The van der Waals surface area contributed by atoms with Gasteiger partial charge in [0.2, 0.25) is 0 Å². The number of aromatic nitrogens is 1. The summed E-state index contributed by atoms with van der Waals surface area (Å²) in [5.74, 6) is -0.702. The van der Waals surface area contributed by atoms with Crippen LogP contribution in [0, 0.1) is 13.8 Å². The number of nitrogens with zero attached hydrogens (tertiary/aromatic N) is 2. The average Bonchev–Trinajstić information content (AvgIpc) is 2.49. The van der Waals surface area contributed by atoms with Crippen molar-refractivity contribution in [2.45, 2.75) is 29.9 Å². The molecule has 1 aromatic carbocycles. The molecule has 0 spiro atoms. The van der Waals surface area contributed by atoms with E-state index in [1.807, 2.05) is 32.0 Å². The smallest absolute Gasteiger partial charge is 0.333 e. The molecule has 0 aliphatic carbocycles. The van der Waals surface area contributed by atoms with Gasteiger partial charge in [0.05, 0.1) is 5.56 Å². The van der Waals surface area contributed by atoms with Crippen LogP contribution in [-0.4, -0.2) is 35.6 Å². The molecule has 0 bridgehead atoms. The maximum atomic E-state index is 12.5. The zero-order valence-electron chi connectivity index (χ0n) is 13.5. The van der Waals surface area contributed by atoms with Crippen LogP contribution in [0.15, 0.2) is 46.5 Å². The predicted octanol–water partition coefficient (Wildman–Crippen LogP) is 4.48. The molecule has 0 N–H and O–H groups in total. The predicted molar refractivity (Wildman–Crippen MR) is 87.3 cm³/mol. The molecular formula is C17H17F3N2OS. The lowest BCUT2D eigenvalue weighted by Gasteiger charge is -2.20. The zero-order chi connectivity index (χ0) is 17.9. The van der Waals surface area contributed by atoms with Crippen molar-refractivity contribution in [2.24, 2.45) is 0 Å². The monoisotopic (exact) mass is 354 g/mol. The van der Waals surface area contributed by atoms with Gasteiger partial charge in [-0.3, -0.25) is 4.79 Å². The highest BCUT2D eigenvalue weighted by atomic mass is 32.2. The number of hydrogen-bond donors (Lipinski definition) is 0. The Morgan fingerprint density at radius 2 is 1.92 bits per heavy atom. The van der Waals surface area contributed by atoms with E-state index in [0.29, 0.717) is 9.93 Å². The number of carbonyl (C=O) groups excluding carboxylic acids is 1. The molecule has 0 aliphatic heterocycles. The summed E-state index contributed by atoms with van der Waals surface area (Å²) in [7, 11) is 1.13. The first-order valence-corrected chi connectivity index (χ1v) is 8.01. The third-order valence-corrected chi connectivity index (χ3v) is 4.47. The van der Waals surface area contributed by atoms with Crippen molar-refractivity contribution < 1.29 is 18.0 Å². The van der Waals surface area contributed by atoms with Crippen molar-refractivity contribution in [3.63, 3.8) is 0 Å². The molecule has 3 nitrogen and oxygen atoms in total. The summed E-state index contributed by atoms with van der Waals surface area (Å²) in [6.07, 6.45) is -2.92. The lowest BCUT2D eigenvalue weighted by molar-refractivity contribution is -0.138. The van der Waals surface area contributed by atoms with Gasteiger partial charge in [-0.1, -0.05) is 17.8 Å². The van der Waals surface area contributed by atoms with E-state index in [1.165, 1.54) is 24.0 Å². The number of halogens is 3.